The number of carbonyl (C=O) groups is 2. The van der Waals surface area contributed by atoms with Crippen molar-refractivity contribution >= 4 is 22.8 Å². The third-order valence-corrected chi connectivity index (χ3v) is 5.69. The number of carbonyl (C=O) groups excluding carboxylic acids is 2. The molecule has 0 atom stereocenters. The lowest BCUT2D eigenvalue weighted by molar-refractivity contribution is 0.0841. The highest BCUT2D eigenvalue weighted by Crippen LogP contribution is 2.21. The van der Waals surface area contributed by atoms with Crippen molar-refractivity contribution < 1.29 is 9.59 Å². The zero-order valence-electron chi connectivity index (χ0n) is 19.6. The van der Waals surface area contributed by atoms with E-state index in [9.17, 15) is 19.2 Å². The van der Waals surface area contributed by atoms with Gasteiger partial charge in [-0.1, -0.05) is 48.5 Å². The van der Waals surface area contributed by atoms with Gasteiger partial charge in [-0.2, -0.15) is 0 Å². The Morgan fingerprint density at radius 2 is 1.57 bits per heavy atom. The average molecular weight is 495 g/mol. The van der Waals surface area contributed by atoms with Crippen LogP contribution in [0.15, 0.2) is 88.5 Å². The van der Waals surface area contributed by atoms with Gasteiger partial charge in [0.25, 0.3) is 5.91 Å². The fraction of sp³-hybridized carbons (Fsp3) is 0.0769. The molecule has 0 spiro atoms. The first-order chi connectivity index (χ1) is 18.0. The fourth-order valence-corrected chi connectivity index (χ4v) is 3.91. The highest BCUT2D eigenvalue weighted by molar-refractivity contribution is 5.99. The minimum Gasteiger partial charge on any atom is -0.316 e. The van der Waals surface area contributed by atoms with Crippen molar-refractivity contribution in [2.45, 2.75) is 13.5 Å². The molecule has 2 heterocycles. The number of fused-ring (bicyclic) bond motifs is 1. The molecule has 0 fully saturated rings. The number of H-pyrrole nitrogens is 1. The Kier molecular flexibility index (Phi) is 6.17. The normalized spacial score (nSPS) is 10.8. The number of amides is 2. The summed E-state index contributed by atoms with van der Waals surface area (Å²) in [7, 11) is 0. The van der Waals surface area contributed by atoms with Gasteiger partial charge in [-0.05, 0) is 37.3 Å². The maximum absolute atomic E-state index is 12.8. The Morgan fingerprint density at radius 1 is 0.892 bits per heavy atom. The van der Waals surface area contributed by atoms with Gasteiger partial charge >= 0.3 is 17.0 Å². The zero-order valence-corrected chi connectivity index (χ0v) is 19.6. The average Bonchev–Trinajstić information content (AvgIpc) is 3.39. The molecule has 0 aliphatic heterocycles. The molecule has 5 aromatic rings. The number of rotatable bonds is 5. The number of aryl methyl sites for hydroxylation is 1. The van der Waals surface area contributed by atoms with Crippen molar-refractivity contribution in [2.24, 2.45) is 0 Å². The van der Waals surface area contributed by atoms with E-state index in [1.165, 1.54) is 16.7 Å². The molecule has 184 valence electrons. The molecule has 11 heteroatoms. The number of hydrogen-bond donors (Lipinski definition) is 3. The Morgan fingerprint density at radius 3 is 2.27 bits per heavy atom. The first-order valence-electron chi connectivity index (χ1n) is 11.4. The van der Waals surface area contributed by atoms with Crippen LogP contribution < -0.4 is 22.0 Å². The summed E-state index contributed by atoms with van der Waals surface area (Å²) in [5, 5.41) is 4.36. The summed E-state index contributed by atoms with van der Waals surface area (Å²) in [5.41, 5.74) is 5.66. The Hall–Kier alpha value is -5.32. The quantitative estimate of drug-likeness (QED) is 0.251. The van der Waals surface area contributed by atoms with Crippen molar-refractivity contribution in [2.75, 3.05) is 0 Å². The second kappa shape index (κ2) is 9.74. The number of benzene rings is 3. The topological polar surface area (TPSA) is 144 Å². The van der Waals surface area contributed by atoms with Gasteiger partial charge in [0.2, 0.25) is 5.82 Å². The lowest BCUT2D eigenvalue weighted by Gasteiger charge is -2.09. The predicted octanol–water partition coefficient (Wildman–Crippen LogP) is 2.03. The number of para-hydroxylation sites is 1. The van der Waals surface area contributed by atoms with Crippen LogP contribution in [0.25, 0.3) is 28.1 Å². The van der Waals surface area contributed by atoms with Gasteiger partial charge in [0.1, 0.15) is 0 Å². The van der Waals surface area contributed by atoms with Crippen LogP contribution >= 0.6 is 0 Å². The number of nitrogens with one attached hydrogen (secondary N) is 3. The van der Waals surface area contributed by atoms with Crippen LogP contribution in [0.1, 0.15) is 27.9 Å². The number of aromatic nitrogens is 5. The molecular weight excluding hydrogens is 474 g/mol. The van der Waals surface area contributed by atoms with Crippen LogP contribution in [-0.2, 0) is 6.54 Å². The summed E-state index contributed by atoms with van der Waals surface area (Å²) in [6, 6.07) is 23.0. The van der Waals surface area contributed by atoms with Crippen LogP contribution in [0.2, 0.25) is 0 Å². The molecule has 5 rings (SSSR count). The van der Waals surface area contributed by atoms with E-state index < -0.39 is 22.9 Å². The van der Waals surface area contributed by atoms with Crippen LogP contribution in [0.5, 0.6) is 0 Å². The lowest BCUT2D eigenvalue weighted by Crippen LogP contribution is -2.42. The van der Waals surface area contributed by atoms with E-state index in [1.807, 2.05) is 60.7 Å². The van der Waals surface area contributed by atoms with E-state index in [-0.39, 0.29) is 11.4 Å². The monoisotopic (exact) mass is 495 g/mol. The van der Waals surface area contributed by atoms with Gasteiger partial charge in [-0.3, -0.25) is 30.0 Å². The Labute approximate surface area is 209 Å². The lowest BCUT2D eigenvalue weighted by atomic mass is 10.2. The predicted molar refractivity (Wildman–Crippen MR) is 136 cm³/mol. The van der Waals surface area contributed by atoms with Gasteiger partial charge in [-0.15, -0.1) is 5.10 Å². The van der Waals surface area contributed by atoms with Crippen LogP contribution in [0.3, 0.4) is 0 Å². The van der Waals surface area contributed by atoms with Crippen molar-refractivity contribution in [1.29, 1.82) is 0 Å². The highest BCUT2D eigenvalue weighted by atomic mass is 16.2. The smallest absolute Gasteiger partial charge is 0.316 e. The highest BCUT2D eigenvalue weighted by Gasteiger charge is 2.19. The standard InChI is InChI=1S/C26H21N7O4/c1-2-32-20-14-13-17(15-19(20)27-25(36)26(32)37)23(34)29-30-24(35)21-28-22(16-9-5-3-6-10-16)33(31-21)18-11-7-4-8-12-18/h3-15H,2H2,1H3,(H,27,36)(H,29,34)(H,30,35). The first kappa shape index (κ1) is 23.4. The number of hydrazine groups is 1. The van der Waals surface area contributed by atoms with Gasteiger partial charge in [0.15, 0.2) is 5.82 Å². The second-order valence-corrected chi connectivity index (χ2v) is 8.02. The van der Waals surface area contributed by atoms with Crippen LogP contribution in [-0.4, -0.2) is 36.1 Å². The third kappa shape index (κ3) is 4.52. The largest absolute Gasteiger partial charge is 0.316 e. The van der Waals surface area contributed by atoms with Crippen molar-refractivity contribution in [1.82, 2.24) is 35.2 Å². The molecule has 2 amide bonds. The molecule has 0 saturated heterocycles. The van der Waals surface area contributed by atoms with Gasteiger partial charge in [0, 0.05) is 17.7 Å². The van der Waals surface area contributed by atoms with E-state index in [0.717, 1.165) is 5.56 Å². The Balaban J connectivity index is 1.39. The molecule has 3 aromatic carbocycles. The van der Waals surface area contributed by atoms with Gasteiger partial charge < -0.3 is 9.55 Å². The maximum Gasteiger partial charge on any atom is 0.316 e. The summed E-state index contributed by atoms with van der Waals surface area (Å²) in [6.45, 7) is 2.04. The third-order valence-electron chi connectivity index (χ3n) is 5.69. The summed E-state index contributed by atoms with van der Waals surface area (Å²) >= 11 is 0. The summed E-state index contributed by atoms with van der Waals surface area (Å²) in [5.74, 6) is -1.02. The minimum absolute atomic E-state index is 0.141. The molecule has 0 bridgehead atoms. The summed E-state index contributed by atoms with van der Waals surface area (Å²) in [6.07, 6.45) is 0. The SMILES string of the molecule is CCn1c(=O)c(=O)[nH]c2cc(C(=O)NNC(=O)c3nc(-c4ccccc4)n(-c4ccccc4)n3)ccc21. The molecular formula is C26H21N7O4. The fourth-order valence-electron chi connectivity index (χ4n) is 3.91. The molecule has 2 aromatic heterocycles. The molecule has 0 unspecified atom stereocenters. The molecule has 0 aliphatic rings. The summed E-state index contributed by atoms with van der Waals surface area (Å²) < 4.78 is 2.87. The van der Waals surface area contributed by atoms with Gasteiger partial charge in [-0.25, -0.2) is 9.67 Å². The molecule has 0 saturated carbocycles. The molecule has 37 heavy (non-hydrogen) atoms. The van der Waals surface area contributed by atoms with E-state index in [4.69, 9.17) is 0 Å². The second-order valence-electron chi connectivity index (χ2n) is 8.02. The first-order valence-corrected chi connectivity index (χ1v) is 11.4. The molecule has 11 nitrogen and oxygen atoms in total. The van der Waals surface area contributed by atoms with Crippen molar-refractivity contribution in [3.05, 3.63) is 111 Å². The van der Waals surface area contributed by atoms with E-state index >= 15 is 0 Å². The van der Waals surface area contributed by atoms with E-state index in [0.29, 0.717) is 29.1 Å². The zero-order chi connectivity index (χ0) is 25.9. The van der Waals surface area contributed by atoms with Crippen LogP contribution in [0.4, 0.5) is 0 Å². The van der Waals surface area contributed by atoms with E-state index in [2.05, 4.69) is 25.9 Å². The Bertz CT molecular complexity index is 1680. The number of aromatic amines is 1. The summed E-state index contributed by atoms with van der Waals surface area (Å²) in [4.78, 5) is 56.4. The molecule has 0 aliphatic carbocycles. The molecule has 0 radical (unpaired) electrons. The minimum atomic E-state index is -0.783. The van der Waals surface area contributed by atoms with Crippen molar-refractivity contribution in [3.63, 3.8) is 0 Å². The van der Waals surface area contributed by atoms with Gasteiger partial charge in [0.05, 0.1) is 16.7 Å². The van der Waals surface area contributed by atoms with E-state index in [1.54, 1.807) is 17.7 Å². The van der Waals surface area contributed by atoms with Crippen molar-refractivity contribution in [3.8, 4) is 17.1 Å². The molecule has 3 N–H and O–H groups in total. The van der Waals surface area contributed by atoms with Crippen LogP contribution in [0, 0.1) is 0 Å². The maximum atomic E-state index is 12.8. The number of hydrogen-bond acceptors (Lipinski definition) is 6. The number of nitrogens with zero attached hydrogens (tertiary/aromatic N) is 4.